The number of hydrogen-bond donors (Lipinski definition) is 2. The van der Waals surface area contributed by atoms with E-state index >= 15 is 0 Å². The van der Waals surface area contributed by atoms with Crippen molar-refractivity contribution < 1.29 is 10.0 Å². The molecule has 0 saturated heterocycles. The molecule has 0 fully saturated rings. The van der Waals surface area contributed by atoms with Gasteiger partial charge in [-0.2, -0.15) is 0 Å². The van der Waals surface area contributed by atoms with E-state index < -0.39 is 7.12 Å². The van der Waals surface area contributed by atoms with Crippen LogP contribution < -0.4 is 5.46 Å². The SMILES string of the molecule is OB(O)c1ccccc1.c1ccc(-c2ncncn2)nc1. The zero-order valence-corrected chi connectivity index (χ0v) is 11.1. The molecule has 1 aromatic carbocycles. The molecule has 0 saturated carbocycles. The summed E-state index contributed by atoms with van der Waals surface area (Å²) in [6.45, 7) is 0. The molecule has 0 radical (unpaired) electrons. The summed E-state index contributed by atoms with van der Waals surface area (Å²) in [6, 6.07) is 14.3. The second kappa shape index (κ2) is 7.83. The molecule has 0 aliphatic carbocycles. The van der Waals surface area contributed by atoms with Gasteiger partial charge < -0.3 is 10.0 Å². The molecule has 0 bridgehead atoms. The number of rotatable bonds is 2. The third-order valence-corrected chi connectivity index (χ3v) is 2.49. The summed E-state index contributed by atoms with van der Waals surface area (Å²) >= 11 is 0. The lowest BCUT2D eigenvalue weighted by Crippen LogP contribution is -2.29. The highest BCUT2D eigenvalue weighted by molar-refractivity contribution is 6.58. The minimum Gasteiger partial charge on any atom is -0.423 e. The number of aromatic nitrogens is 4. The van der Waals surface area contributed by atoms with Crippen LogP contribution in [0.1, 0.15) is 0 Å². The molecule has 7 heteroatoms. The Morgan fingerprint density at radius 1 is 0.762 bits per heavy atom. The summed E-state index contributed by atoms with van der Waals surface area (Å²) in [7, 11) is -1.34. The lowest BCUT2D eigenvalue weighted by Gasteiger charge is -1.94. The van der Waals surface area contributed by atoms with Gasteiger partial charge in [-0.1, -0.05) is 36.4 Å². The predicted molar refractivity (Wildman–Crippen MR) is 79.3 cm³/mol. The van der Waals surface area contributed by atoms with Crippen molar-refractivity contribution in [3.63, 3.8) is 0 Å². The van der Waals surface area contributed by atoms with E-state index in [1.807, 2.05) is 24.3 Å². The molecule has 0 atom stereocenters. The second-order valence-electron chi connectivity index (χ2n) is 3.96. The molecule has 2 heterocycles. The van der Waals surface area contributed by atoms with Crippen molar-refractivity contribution in [2.45, 2.75) is 0 Å². The Balaban J connectivity index is 0.000000161. The van der Waals surface area contributed by atoms with E-state index in [1.54, 1.807) is 30.5 Å². The highest BCUT2D eigenvalue weighted by Gasteiger charge is 2.07. The van der Waals surface area contributed by atoms with Crippen molar-refractivity contribution in [3.05, 3.63) is 67.4 Å². The Bertz CT molecular complexity index is 601. The van der Waals surface area contributed by atoms with Gasteiger partial charge in [-0.3, -0.25) is 4.98 Å². The van der Waals surface area contributed by atoms with E-state index in [0.717, 1.165) is 5.69 Å². The van der Waals surface area contributed by atoms with E-state index in [0.29, 0.717) is 11.3 Å². The number of benzene rings is 1. The van der Waals surface area contributed by atoms with Crippen LogP contribution in [0.3, 0.4) is 0 Å². The minimum absolute atomic E-state index is 0.525. The number of nitrogens with zero attached hydrogens (tertiary/aromatic N) is 4. The maximum absolute atomic E-state index is 8.58. The van der Waals surface area contributed by atoms with Crippen LogP contribution in [0.4, 0.5) is 0 Å². The van der Waals surface area contributed by atoms with Crippen molar-refractivity contribution in [2.24, 2.45) is 0 Å². The second-order valence-corrected chi connectivity index (χ2v) is 3.96. The highest BCUT2D eigenvalue weighted by atomic mass is 16.4. The maximum Gasteiger partial charge on any atom is 0.488 e. The van der Waals surface area contributed by atoms with Crippen LogP contribution in [0.15, 0.2) is 67.4 Å². The van der Waals surface area contributed by atoms with Crippen LogP contribution in [0.5, 0.6) is 0 Å². The molecule has 0 spiro atoms. The van der Waals surface area contributed by atoms with Crippen LogP contribution in [-0.4, -0.2) is 37.1 Å². The van der Waals surface area contributed by atoms with Crippen molar-refractivity contribution in [2.75, 3.05) is 0 Å². The Morgan fingerprint density at radius 2 is 1.43 bits per heavy atom. The van der Waals surface area contributed by atoms with E-state index in [2.05, 4.69) is 19.9 Å². The molecule has 2 N–H and O–H groups in total. The quantitative estimate of drug-likeness (QED) is 0.656. The van der Waals surface area contributed by atoms with E-state index in [4.69, 9.17) is 10.0 Å². The maximum atomic E-state index is 8.58. The third kappa shape index (κ3) is 4.75. The molecule has 3 aromatic rings. The normalized spacial score (nSPS) is 9.43. The van der Waals surface area contributed by atoms with Gasteiger partial charge in [0.15, 0.2) is 5.82 Å². The van der Waals surface area contributed by atoms with Gasteiger partial charge in [0.1, 0.15) is 18.3 Å². The summed E-state index contributed by atoms with van der Waals surface area (Å²) in [6.07, 6.45) is 4.62. The lowest BCUT2D eigenvalue weighted by atomic mass is 9.81. The van der Waals surface area contributed by atoms with Crippen molar-refractivity contribution >= 4 is 12.6 Å². The van der Waals surface area contributed by atoms with E-state index in [-0.39, 0.29) is 0 Å². The van der Waals surface area contributed by atoms with Gasteiger partial charge >= 0.3 is 7.12 Å². The van der Waals surface area contributed by atoms with Gasteiger partial charge in [-0.15, -0.1) is 0 Å². The number of hydrogen-bond acceptors (Lipinski definition) is 6. The van der Waals surface area contributed by atoms with Crippen LogP contribution >= 0.6 is 0 Å². The Labute approximate surface area is 122 Å². The van der Waals surface area contributed by atoms with Gasteiger partial charge in [0.2, 0.25) is 0 Å². The molecule has 2 aromatic heterocycles. The molecule has 0 amide bonds. The first kappa shape index (κ1) is 14.8. The highest BCUT2D eigenvalue weighted by Crippen LogP contribution is 2.06. The van der Waals surface area contributed by atoms with Crippen molar-refractivity contribution in [3.8, 4) is 11.5 Å². The first-order chi connectivity index (χ1) is 10.3. The largest absolute Gasteiger partial charge is 0.488 e. The fourth-order valence-electron chi connectivity index (χ4n) is 1.49. The molecule has 0 aliphatic heterocycles. The average molecular weight is 280 g/mol. The lowest BCUT2D eigenvalue weighted by molar-refractivity contribution is 0.426. The van der Waals surface area contributed by atoms with Gasteiger partial charge in [-0.05, 0) is 17.6 Å². The van der Waals surface area contributed by atoms with Crippen LogP contribution in [0.2, 0.25) is 0 Å². The van der Waals surface area contributed by atoms with Gasteiger partial charge in [-0.25, -0.2) is 15.0 Å². The fourth-order valence-corrected chi connectivity index (χ4v) is 1.49. The smallest absolute Gasteiger partial charge is 0.423 e. The van der Waals surface area contributed by atoms with Crippen molar-refractivity contribution in [1.29, 1.82) is 0 Å². The fraction of sp³-hybridized carbons (Fsp3) is 0. The molecule has 3 rings (SSSR count). The Hall–Kier alpha value is -2.64. The zero-order chi connectivity index (χ0) is 14.9. The molecular weight excluding hydrogens is 267 g/mol. The standard InChI is InChI=1S/C8H6N4.C6H7BO2/c1-2-4-10-7(3-1)8-11-5-9-6-12-8;8-7(9)6-4-2-1-3-5-6/h1-6H;1-5,8-9H. The molecule has 6 nitrogen and oxygen atoms in total. The van der Waals surface area contributed by atoms with Gasteiger partial charge in [0.25, 0.3) is 0 Å². The topological polar surface area (TPSA) is 92.0 Å². The summed E-state index contributed by atoms with van der Waals surface area (Å²) in [5.74, 6) is 0.602. The molecule has 21 heavy (non-hydrogen) atoms. The summed E-state index contributed by atoms with van der Waals surface area (Å²) in [5.41, 5.74) is 1.29. The molecular formula is C14H13BN4O2. The predicted octanol–water partition coefficient (Wildman–Crippen LogP) is 0.300. The number of pyridine rings is 1. The van der Waals surface area contributed by atoms with Crippen LogP contribution in [-0.2, 0) is 0 Å². The minimum atomic E-state index is -1.34. The molecule has 104 valence electrons. The summed E-state index contributed by atoms with van der Waals surface area (Å²) in [5, 5.41) is 17.2. The van der Waals surface area contributed by atoms with Crippen LogP contribution in [0.25, 0.3) is 11.5 Å². The molecule has 0 aliphatic rings. The molecule has 0 unspecified atom stereocenters. The summed E-state index contributed by atoms with van der Waals surface area (Å²) in [4.78, 5) is 15.7. The van der Waals surface area contributed by atoms with Gasteiger partial charge in [0.05, 0.1) is 0 Å². The van der Waals surface area contributed by atoms with E-state index in [9.17, 15) is 0 Å². The Morgan fingerprint density at radius 3 is 1.95 bits per heavy atom. The average Bonchev–Trinajstić information content (AvgIpc) is 2.58. The first-order valence-corrected chi connectivity index (χ1v) is 6.22. The summed E-state index contributed by atoms with van der Waals surface area (Å²) < 4.78 is 0. The van der Waals surface area contributed by atoms with E-state index in [1.165, 1.54) is 12.7 Å². The first-order valence-electron chi connectivity index (χ1n) is 6.22. The monoisotopic (exact) mass is 280 g/mol. The van der Waals surface area contributed by atoms with Crippen molar-refractivity contribution in [1.82, 2.24) is 19.9 Å². The third-order valence-electron chi connectivity index (χ3n) is 2.49. The van der Waals surface area contributed by atoms with Crippen LogP contribution in [0, 0.1) is 0 Å². The zero-order valence-electron chi connectivity index (χ0n) is 11.1. The Kier molecular flexibility index (Phi) is 5.51. The van der Waals surface area contributed by atoms with Gasteiger partial charge in [0, 0.05) is 6.20 Å².